The molecule has 5 heteroatoms. The van der Waals surface area contributed by atoms with Crippen LogP contribution in [0.25, 0.3) is 11.0 Å². The van der Waals surface area contributed by atoms with Crippen molar-refractivity contribution in [2.24, 2.45) is 0 Å². The van der Waals surface area contributed by atoms with E-state index in [0.29, 0.717) is 6.61 Å². The first-order valence-corrected chi connectivity index (χ1v) is 7.63. The van der Waals surface area contributed by atoms with Gasteiger partial charge in [-0.25, -0.2) is 9.97 Å². The van der Waals surface area contributed by atoms with Gasteiger partial charge in [0.2, 0.25) is 0 Å². The average molecular weight is 294 g/mol. The van der Waals surface area contributed by atoms with Crippen molar-refractivity contribution in [1.29, 1.82) is 0 Å². The largest absolute Gasteiger partial charge is 0.494 e. The first kappa shape index (κ1) is 13.1. The first-order valence-electron chi connectivity index (χ1n) is 7.63. The van der Waals surface area contributed by atoms with Crippen molar-refractivity contribution in [3.8, 4) is 5.75 Å². The van der Waals surface area contributed by atoms with Crippen molar-refractivity contribution < 1.29 is 4.74 Å². The lowest BCUT2D eigenvalue weighted by Gasteiger charge is -2.30. The summed E-state index contributed by atoms with van der Waals surface area (Å²) in [6.45, 7) is 4.55. The van der Waals surface area contributed by atoms with Crippen molar-refractivity contribution in [2.75, 3.05) is 18.1 Å². The van der Waals surface area contributed by atoms with Crippen LogP contribution in [0.4, 0.5) is 5.82 Å². The van der Waals surface area contributed by atoms with Gasteiger partial charge >= 0.3 is 0 Å². The minimum Gasteiger partial charge on any atom is -0.494 e. The summed E-state index contributed by atoms with van der Waals surface area (Å²) in [6, 6.07) is 8.43. The number of benzene rings is 1. The van der Waals surface area contributed by atoms with Crippen LogP contribution in [0, 0.1) is 0 Å². The Morgan fingerprint density at radius 2 is 2.18 bits per heavy atom. The molecule has 22 heavy (non-hydrogen) atoms. The summed E-state index contributed by atoms with van der Waals surface area (Å²) < 4.78 is 5.59. The number of fused-ring (bicyclic) bond motifs is 2. The van der Waals surface area contributed by atoms with Gasteiger partial charge in [-0.1, -0.05) is 6.07 Å². The van der Waals surface area contributed by atoms with E-state index in [-0.39, 0.29) is 0 Å². The fourth-order valence-electron chi connectivity index (χ4n) is 3.08. The van der Waals surface area contributed by atoms with E-state index in [2.05, 4.69) is 38.1 Å². The summed E-state index contributed by atoms with van der Waals surface area (Å²) in [5, 5.41) is 1.08. The van der Waals surface area contributed by atoms with Gasteiger partial charge in [0.05, 0.1) is 12.0 Å². The Morgan fingerprint density at radius 3 is 3.09 bits per heavy atom. The molecule has 0 radical (unpaired) electrons. The number of ether oxygens (including phenoxy) is 1. The summed E-state index contributed by atoms with van der Waals surface area (Å²) in [5.74, 6) is 1.97. The minimum atomic E-state index is 0.706. The molecule has 112 valence electrons. The Hall–Kier alpha value is -2.56. The number of nitrogens with one attached hydrogen (secondary N) is 1. The zero-order valence-corrected chi connectivity index (χ0v) is 12.5. The zero-order chi connectivity index (χ0) is 14.9. The molecule has 0 aliphatic carbocycles. The fraction of sp³-hybridized carbons (Fsp3) is 0.294. The van der Waals surface area contributed by atoms with Crippen LogP contribution in [0.2, 0.25) is 0 Å². The van der Waals surface area contributed by atoms with Crippen LogP contribution in [0.5, 0.6) is 5.75 Å². The quantitative estimate of drug-likeness (QED) is 0.807. The maximum atomic E-state index is 5.59. The molecule has 0 saturated heterocycles. The topological polar surface area (TPSA) is 54.0 Å². The van der Waals surface area contributed by atoms with Gasteiger partial charge in [-0.3, -0.25) is 0 Å². The van der Waals surface area contributed by atoms with Crippen LogP contribution in [0.15, 0.2) is 36.8 Å². The lowest BCUT2D eigenvalue weighted by Crippen LogP contribution is -2.31. The van der Waals surface area contributed by atoms with Crippen LogP contribution < -0.4 is 9.64 Å². The Morgan fingerprint density at radius 1 is 1.23 bits per heavy atom. The van der Waals surface area contributed by atoms with E-state index in [1.54, 1.807) is 6.33 Å². The van der Waals surface area contributed by atoms with Crippen molar-refractivity contribution >= 4 is 16.9 Å². The molecule has 0 atom stereocenters. The van der Waals surface area contributed by atoms with Crippen LogP contribution in [-0.2, 0) is 13.0 Å². The van der Waals surface area contributed by atoms with Crippen molar-refractivity contribution in [2.45, 2.75) is 19.9 Å². The van der Waals surface area contributed by atoms with Crippen LogP contribution in [0.1, 0.15) is 18.1 Å². The second-order valence-electron chi connectivity index (χ2n) is 5.47. The SMILES string of the molecule is CCOc1ccc2c(c1)CCN(c1ncnc3[nH]ccc13)C2. The van der Waals surface area contributed by atoms with Gasteiger partial charge in [0.15, 0.2) is 0 Å². The summed E-state index contributed by atoms with van der Waals surface area (Å²) in [4.78, 5) is 14.2. The Bertz CT molecular complexity index is 811. The molecule has 3 heterocycles. The van der Waals surface area contributed by atoms with Crippen LogP contribution >= 0.6 is 0 Å². The highest BCUT2D eigenvalue weighted by Gasteiger charge is 2.20. The second-order valence-corrected chi connectivity index (χ2v) is 5.47. The fourth-order valence-corrected chi connectivity index (χ4v) is 3.08. The van der Waals surface area contributed by atoms with E-state index < -0.39 is 0 Å². The van der Waals surface area contributed by atoms with E-state index in [4.69, 9.17) is 4.74 Å². The first-order chi connectivity index (χ1) is 10.8. The van der Waals surface area contributed by atoms with Crippen LogP contribution in [-0.4, -0.2) is 28.1 Å². The maximum Gasteiger partial charge on any atom is 0.142 e. The van der Waals surface area contributed by atoms with Gasteiger partial charge in [-0.05, 0) is 42.7 Å². The van der Waals surface area contributed by atoms with E-state index in [1.165, 1.54) is 11.1 Å². The maximum absolute atomic E-state index is 5.59. The van der Waals surface area contributed by atoms with Gasteiger partial charge in [0, 0.05) is 19.3 Å². The Balaban J connectivity index is 1.66. The number of hydrogen-bond acceptors (Lipinski definition) is 4. The molecule has 0 saturated carbocycles. The molecule has 0 amide bonds. The number of anilines is 1. The van der Waals surface area contributed by atoms with Crippen molar-refractivity contribution in [3.63, 3.8) is 0 Å². The molecule has 1 N–H and O–H groups in total. The van der Waals surface area contributed by atoms with Gasteiger partial charge in [0.25, 0.3) is 0 Å². The van der Waals surface area contributed by atoms with E-state index in [0.717, 1.165) is 42.1 Å². The third kappa shape index (κ3) is 2.19. The highest BCUT2D eigenvalue weighted by atomic mass is 16.5. The number of H-pyrrole nitrogens is 1. The van der Waals surface area contributed by atoms with E-state index in [9.17, 15) is 0 Å². The third-order valence-electron chi connectivity index (χ3n) is 4.13. The van der Waals surface area contributed by atoms with Gasteiger partial charge < -0.3 is 14.6 Å². The average Bonchev–Trinajstić information content (AvgIpc) is 3.03. The molecule has 0 unspecified atom stereocenters. The molecule has 2 aromatic heterocycles. The highest BCUT2D eigenvalue weighted by Crippen LogP contribution is 2.29. The normalized spacial score (nSPS) is 14.1. The molecule has 0 spiro atoms. The molecule has 1 aliphatic rings. The zero-order valence-electron chi connectivity index (χ0n) is 12.5. The number of nitrogens with zero attached hydrogens (tertiary/aromatic N) is 3. The summed E-state index contributed by atoms with van der Waals surface area (Å²) in [6.07, 6.45) is 4.54. The molecule has 5 nitrogen and oxygen atoms in total. The van der Waals surface area contributed by atoms with E-state index in [1.807, 2.05) is 19.2 Å². The molecule has 0 fully saturated rings. The predicted molar refractivity (Wildman–Crippen MR) is 86.3 cm³/mol. The lowest BCUT2D eigenvalue weighted by molar-refractivity contribution is 0.339. The molecule has 1 aromatic carbocycles. The molecular weight excluding hydrogens is 276 g/mol. The minimum absolute atomic E-state index is 0.706. The number of rotatable bonds is 3. The second kappa shape index (κ2) is 5.33. The summed E-state index contributed by atoms with van der Waals surface area (Å²) in [5.41, 5.74) is 3.61. The molecular formula is C17H18N4O. The molecule has 0 bridgehead atoms. The van der Waals surface area contributed by atoms with Crippen molar-refractivity contribution in [1.82, 2.24) is 15.0 Å². The Kier molecular flexibility index (Phi) is 3.18. The van der Waals surface area contributed by atoms with E-state index >= 15 is 0 Å². The molecule has 1 aliphatic heterocycles. The van der Waals surface area contributed by atoms with Crippen LogP contribution in [0.3, 0.4) is 0 Å². The molecule has 4 rings (SSSR count). The third-order valence-corrected chi connectivity index (χ3v) is 4.13. The number of aromatic nitrogens is 3. The summed E-state index contributed by atoms with van der Waals surface area (Å²) in [7, 11) is 0. The number of aromatic amines is 1. The van der Waals surface area contributed by atoms with Gasteiger partial charge in [-0.2, -0.15) is 0 Å². The predicted octanol–water partition coefficient (Wildman–Crippen LogP) is 2.92. The molecule has 3 aromatic rings. The van der Waals surface area contributed by atoms with Gasteiger partial charge in [-0.15, -0.1) is 0 Å². The smallest absolute Gasteiger partial charge is 0.142 e. The monoisotopic (exact) mass is 294 g/mol. The number of hydrogen-bond donors (Lipinski definition) is 1. The van der Waals surface area contributed by atoms with Crippen molar-refractivity contribution in [3.05, 3.63) is 47.9 Å². The van der Waals surface area contributed by atoms with Gasteiger partial charge in [0.1, 0.15) is 23.5 Å². The Labute approximate surface area is 129 Å². The summed E-state index contributed by atoms with van der Waals surface area (Å²) >= 11 is 0. The standard InChI is InChI=1S/C17H18N4O/c1-2-22-14-4-3-13-10-21(8-6-12(13)9-14)17-15-5-7-18-16(15)19-11-20-17/h3-5,7,9,11H,2,6,8,10H2,1H3,(H,18,19,20). The lowest BCUT2D eigenvalue weighted by atomic mass is 9.99. The highest BCUT2D eigenvalue weighted by molar-refractivity contribution is 5.87.